The maximum absolute atomic E-state index is 14.4. The number of hydrogen-bond acceptors (Lipinski definition) is 8. The maximum Gasteiger partial charge on any atom is 0.341 e. The fourth-order valence-electron chi connectivity index (χ4n) is 3.39. The molecule has 0 atom stereocenters. The molecule has 0 fully saturated rings. The number of halogens is 3. The van der Waals surface area contributed by atoms with Crippen LogP contribution in [0.5, 0.6) is 23.1 Å². The fraction of sp³-hybridized carbons (Fsp3) is 0.182. The van der Waals surface area contributed by atoms with E-state index in [1.165, 1.54) is 38.7 Å². The van der Waals surface area contributed by atoms with Crippen molar-refractivity contribution in [3.63, 3.8) is 0 Å². The third-order valence-corrected chi connectivity index (χ3v) is 5.29. The van der Waals surface area contributed by atoms with Crippen LogP contribution in [0.15, 0.2) is 35.4 Å². The SMILES string of the molecule is COc1ccc(F)c(F)c1COc1cc(-n2c(=O)[nH]c3c(OC)ncnc32)c(Cl)cc1OCC(=O)O. The molecule has 14 heteroatoms. The summed E-state index contributed by atoms with van der Waals surface area (Å²) in [5.74, 6) is -3.70. The number of methoxy groups -OCH3 is 2. The van der Waals surface area contributed by atoms with Crippen molar-refractivity contribution in [2.24, 2.45) is 0 Å². The Morgan fingerprint density at radius 1 is 1.11 bits per heavy atom. The van der Waals surface area contributed by atoms with E-state index in [1.54, 1.807) is 0 Å². The third kappa shape index (κ3) is 4.60. The lowest BCUT2D eigenvalue weighted by molar-refractivity contribution is -0.139. The molecule has 2 N–H and O–H groups in total. The van der Waals surface area contributed by atoms with E-state index in [4.69, 9.17) is 35.7 Å². The van der Waals surface area contributed by atoms with Crippen LogP contribution < -0.4 is 24.6 Å². The molecule has 0 aliphatic carbocycles. The fourth-order valence-corrected chi connectivity index (χ4v) is 3.63. The lowest BCUT2D eigenvalue weighted by Crippen LogP contribution is -2.16. The second-order valence-electron chi connectivity index (χ2n) is 7.11. The number of rotatable bonds is 9. The van der Waals surface area contributed by atoms with E-state index in [1.807, 2.05) is 0 Å². The van der Waals surface area contributed by atoms with Gasteiger partial charge in [0.15, 0.2) is 35.4 Å². The number of aromatic amines is 1. The van der Waals surface area contributed by atoms with Crippen LogP contribution in [0.3, 0.4) is 0 Å². The smallest absolute Gasteiger partial charge is 0.341 e. The van der Waals surface area contributed by atoms with Crippen LogP contribution in [-0.4, -0.2) is 51.4 Å². The van der Waals surface area contributed by atoms with Crippen molar-refractivity contribution in [3.05, 3.63) is 63.3 Å². The number of benzene rings is 2. The molecule has 11 nitrogen and oxygen atoms in total. The molecule has 188 valence electrons. The molecule has 4 rings (SSSR count). The van der Waals surface area contributed by atoms with Crippen LogP contribution in [0.2, 0.25) is 5.02 Å². The van der Waals surface area contributed by atoms with Crippen LogP contribution in [0.4, 0.5) is 8.78 Å². The number of carbonyl (C=O) groups is 1. The Bertz CT molecular complexity index is 1520. The largest absolute Gasteiger partial charge is 0.496 e. The van der Waals surface area contributed by atoms with E-state index in [2.05, 4.69) is 15.0 Å². The van der Waals surface area contributed by atoms with Crippen LogP contribution in [-0.2, 0) is 11.4 Å². The summed E-state index contributed by atoms with van der Waals surface area (Å²) in [6.45, 7) is -1.28. The summed E-state index contributed by atoms with van der Waals surface area (Å²) in [7, 11) is 2.64. The van der Waals surface area contributed by atoms with Crippen molar-refractivity contribution in [2.75, 3.05) is 20.8 Å². The van der Waals surface area contributed by atoms with E-state index < -0.39 is 36.5 Å². The number of aromatic nitrogens is 4. The van der Waals surface area contributed by atoms with Crippen molar-refractivity contribution in [1.82, 2.24) is 19.5 Å². The summed E-state index contributed by atoms with van der Waals surface area (Å²) in [6, 6.07) is 4.62. The summed E-state index contributed by atoms with van der Waals surface area (Å²) in [6.07, 6.45) is 1.18. The van der Waals surface area contributed by atoms with Gasteiger partial charge in [-0.3, -0.25) is 4.98 Å². The molecule has 0 aliphatic rings. The second-order valence-corrected chi connectivity index (χ2v) is 7.52. The van der Waals surface area contributed by atoms with E-state index in [0.29, 0.717) is 0 Å². The maximum atomic E-state index is 14.4. The molecule has 0 spiro atoms. The van der Waals surface area contributed by atoms with Gasteiger partial charge in [0.2, 0.25) is 5.88 Å². The molecule has 0 unspecified atom stereocenters. The Hall–Kier alpha value is -4.39. The Kier molecular flexibility index (Phi) is 6.92. The zero-order valence-electron chi connectivity index (χ0n) is 18.7. The van der Waals surface area contributed by atoms with Gasteiger partial charge < -0.3 is 24.1 Å². The van der Waals surface area contributed by atoms with Gasteiger partial charge in [-0.15, -0.1) is 0 Å². The number of nitrogens with one attached hydrogen (secondary N) is 1. The van der Waals surface area contributed by atoms with E-state index in [-0.39, 0.29) is 50.6 Å². The summed E-state index contributed by atoms with van der Waals surface area (Å²) in [5, 5.41) is 8.98. The van der Waals surface area contributed by atoms with Crippen molar-refractivity contribution >= 4 is 28.7 Å². The molecule has 0 bridgehead atoms. The predicted molar refractivity (Wildman–Crippen MR) is 121 cm³/mol. The van der Waals surface area contributed by atoms with Gasteiger partial charge in [-0.05, 0) is 12.1 Å². The van der Waals surface area contributed by atoms with E-state index >= 15 is 0 Å². The van der Waals surface area contributed by atoms with Gasteiger partial charge in [0.25, 0.3) is 0 Å². The van der Waals surface area contributed by atoms with Gasteiger partial charge in [-0.2, -0.15) is 4.98 Å². The van der Waals surface area contributed by atoms with Gasteiger partial charge in [0.05, 0.1) is 30.5 Å². The highest BCUT2D eigenvalue weighted by atomic mass is 35.5. The molecule has 2 heterocycles. The summed E-state index contributed by atoms with van der Waals surface area (Å²) in [4.78, 5) is 34.4. The normalized spacial score (nSPS) is 10.9. The minimum absolute atomic E-state index is 0.0211. The molecule has 4 aromatic rings. The summed E-state index contributed by atoms with van der Waals surface area (Å²) >= 11 is 6.40. The molecule has 36 heavy (non-hydrogen) atoms. The number of ether oxygens (including phenoxy) is 4. The average Bonchev–Trinajstić information content (AvgIpc) is 3.19. The zero-order chi connectivity index (χ0) is 26.0. The van der Waals surface area contributed by atoms with Gasteiger partial charge in [-0.1, -0.05) is 11.6 Å². The van der Waals surface area contributed by atoms with Gasteiger partial charge in [0, 0.05) is 12.1 Å². The van der Waals surface area contributed by atoms with Crippen LogP contribution >= 0.6 is 11.6 Å². The molecule has 0 aliphatic heterocycles. The van der Waals surface area contributed by atoms with Crippen LogP contribution in [0.1, 0.15) is 5.56 Å². The highest BCUT2D eigenvalue weighted by Crippen LogP contribution is 2.37. The number of aliphatic carboxylic acids is 1. The Labute approximate surface area is 205 Å². The number of imidazole rings is 1. The molecule has 2 aromatic heterocycles. The second kappa shape index (κ2) is 10.1. The molecular weight excluding hydrogens is 506 g/mol. The Morgan fingerprint density at radius 3 is 2.56 bits per heavy atom. The highest BCUT2D eigenvalue weighted by Gasteiger charge is 2.21. The highest BCUT2D eigenvalue weighted by molar-refractivity contribution is 6.32. The van der Waals surface area contributed by atoms with Gasteiger partial charge in [0.1, 0.15) is 24.2 Å². The number of carboxylic acid groups (broad SMARTS) is 1. The minimum Gasteiger partial charge on any atom is -0.496 e. The lowest BCUT2D eigenvalue weighted by Gasteiger charge is -2.16. The van der Waals surface area contributed by atoms with Gasteiger partial charge >= 0.3 is 11.7 Å². The molecule has 2 aromatic carbocycles. The predicted octanol–water partition coefficient (Wildman–Crippen LogP) is 3.10. The minimum atomic E-state index is -1.28. The first kappa shape index (κ1) is 24.7. The first-order valence-corrected chi connectivity index (χ1v) is 10.4. The topological polar surface area (TPSA) is 138 Å². The Morgan fingerprint density at radius 2 is 1.86 bits per heavy atom. The molecule has 0 saturated heterocycles. The standard InChI is InChI=1S/C22H17ClF2N4O7/c1-33-14-4-3-12(24)18(25)10(14)7-35-16-6-13(11(23)5-15(16)36-8-17(30)31)29-20-19(28-22(29)32)21(34-2)27-9-26-20/h3-6,9H,7-8H2,1-2H3,(H,28,32)(H,30,31). The monoisotopic (exact) mass is 522 g/mol. The van der Waals surface area contributed by atoms with Crippen LogP contribution in [0.25, 0.3) is 16.9 Å². The van der Waals surface area contributed by atoms with Crippen molar-refractivity contribution in [2.45, 2.75) is 6.61 Å². The third-order valence-electron chi connectivity index (χ3n) is 4.98. The molecule has 0 saturated carbocycles. The van der Waals surface area contributed by atoms with E-state index in [9.17, 15) is 18.4 Å². The van der Waals surface area contributed by atoms with Crippen molar-refractivity contribution < 1.29 is 37.6 Å². The number of fused-ring (bicyclic) bond motifs is 1. The number of hydrogen-bond donors (Lipinski definition) is 2. The number of carboxylic acids is 1. The number of nitrogens with zero attached hydrogens (tertiary/aromatic N) is 3. The Balaban J connectivity index is 1.83. The van der Waals surface area contributed by atoms with Crippen molar-refractivity contribution in [3.8, 4) is 28.8 Å². The van der Waals surface area contributed by atoms with Crippen molar-refractivity contribution in [1.29, 1.82) is 0 Å². The summed E-state index contributed by atoms with van der Waals surface area (Å²) < 4.78 is 50.5. The average molecular weight is 523 g/mol. The molecule has 0 radical (unpaired) electrons. The van der Waals surface area contributed by atoms with E-state index in [0.717, 1.165) is 10.6 Å². The van der Waals surface area contributed by atoms with Gasteiger partial charge in [-0.25, -0.2) is 27.9 Å². The summed E-state index contributed by atoms with van der Waals surface area (Å²) in [5.41, 5.74) is -0.496. The first-order chi connectivity index (χ1) is 17.2. The van der Waals surface area contributed by atoms with Crippen LogP contribution in [0, 0.1) is 11.6 Å². The molecule has 0 amide bonds. The zero-order valence-corrected chi connectivity index (χ0v) is 19.4. The first-order valence-electron chi connectivity index (χ1n) is 10.1. The quantitative estimate of drug-likeness (QED) is 0.339. The molecular formula is C22H17ClF2N4O7. The number of H-pyrrole nitrogens is 1. The lowest BCUT2D eigenvalue weighted by atomic mass is 10.2.